The third-order valence-corrected chi connectivity index (χ3v) is 3.84. The van der Waals surface area contributed by atoms with Crippen LogP contribution in [-0.2, 0) is 0 Å². The molecule has 0 atom stereocenters. The Hall–Kier alpha value is 0.310. The van der Waals surface area contributed by atoms with Crippen LogP contribution >= 0.6 is 11.8 Å². The Bertz CT molecular complexity index is 187. The highest BCUT2D eigenvalue weighted by Crippen LogP contribution is 2.28. The summed E-state index contributed by atoms with van der Waals surface area (Å²) in [6, 6.07) is 0.753. The first-order chi connectivity index (χ1) is 6.79. The number of rotatable bonds is 3. The third-order valence-electron chi connectivity index (χ3n) is 2.79. The van der Waals surface area contributed by atoms with Crippen molar-refractivity contribution in [3.63, 3.8) is 0 Å². The van der Waals surface area contributed by atoms with Crippen LogP contribution < -0.4 is 5.32 Å². The van der Waals surface area contributed by atoms with Gasteiger partial charge in [-0.3, -0.25) is 0 Å². The van der Waals surface area contributed by atoms with E-state index >= 15 is 0 Å². The van der Waals surface area contributed by atoms with Crippen LogP contribution in [0.3, 0.4) is 0 Å². The van der Waals surface area contributed by atoms with Gasteiger partial charge in [-0.15, -0.1) is 0 Å². The molecule has 0 aromatic rings. The molecule has 15 heavy (non-hydrogen) atoms. The molecule has 1 fully saturated rings. The van der Waals surface area contributed by atoms with E-state index in [0.29, 0.717) is 5.41 Å². The van der Waals surface area contributed by atoms with Crippen molar-refractivity contribution in [3.05, 3.63) is 0 Å². The zero-order valence-electron chi connectivity index (χ0n) is 11.0. The van der Waals surface area contributed by atoms with Gasteiger partial charge in [0.15, 0.2) is 0 Å². The SMILES string of the molecule is CC(C)(C)CC(C)(C)NC1CCSCC1. The molecule has 0 saturated carbocycles. The monoisotopic (exact) mass is 229 g/mol. The molecule has 1 N–H and O–H groups in total. The maximum absolute atomic E-state index is 3.84. The summed E-state index contributed by atoms with van der Waals surface area (Å²) in [5.74, 6) is 2.67. The van der Waals surface area contributed by atoms with Crippen molar-refractivity contribution in [3.8, 4) is 0 Å². The Morgan fingerprint density at radius 1 is 1.07 bits per heavy atom. The van der Waals surface area contributed by atoms with Crippen LogP contribution in [0.4, 0.5) is 0 Å². The van der Waals surface area contributed by atoms with Crippen LogP contribution in [0.15, 0.2) is 0 Å². The van der Waals surface area contributed by atoms with Gasteiger partial charge in [0.2, 0.25) is 0 Å². The lowest BCUT2D eigenvalue weighted by molar-refractivity contribution is 0.218. The van der Waals surface area contributed by atoms with Gasteiger partial charge in [0, 0.05) is 11.6 Å². The van der Waals surface area contributed by atoms with Crippen LogP contribution in [0.5, 0.6) is 0 Å². The lowest BCUT2D eigenvalue weighted by atomic mass is 9.81. The van der Waals surface area contributed by atoms with E-state index < -0.39 is 0 Å². The van der Waals surface area contributed by atoms with Crippen LogP contribution in [0.1, 0.15) is 53.9 Å². The van der Waals surface area contributed by atoms with E-state index in [2.05, 4.69) is 51.7 Å². The molecule has 0 aromatic carbocycles. The van der Waals surface area contributed by atoms with E-state index in [1.54, 1.807) is 0 Å². The molecule has 0 aliphatic carbocycles. The third kappa shape index (κ3) is 5.82. The Kier molecular flexibility index (Phi) is 4.54. The summed E-state index contributed by atoms with van der Waals surface area (Å²) in [6.45, 7) is 11.7. The zero-order chi connectivity index (χ0) is 11.5. The first kappa shape index (κ1) is 13.4. The Morgan fingerprint density at radius 3 is 2.07 bits per heavy atom. The van der Waals surface area contributed by atoms with Gasteiger partial charge in [-0.1, -0.05) is 20.8 Å². The minimum absolute atomic E-state index is 0.283. The number of hydrogen-bond donors (Lipinski definition) is 1. The highest BCUT2D eigenvalue weighted by Gasteiger charge is 2.28. The lowest BCUT2D eigenvalue weighted by Gasteiger charge is -2.38. The topological polar surface area (TPSA) is 12.0 Å². The van der Waals surface area contributed by atoms with Gasteiger partial charge < -0.3 is 5.32 Å². The number of nitrogens with one attached hydrogen (secondary N) is 1. The highest BCUT2D eigenvalue weighted by molar-refractivity contribution is 7.99. The maximum atomic E-state index is 3.84. The normalized spacial score (nSPS) is 20.6. The fraction of sp³-hybridized carbons (Fsp3) is 1.00. The molecule has 0 unspecified atom stereocenters. The molecule has 1 heterocycles. The van der Waals surface area contributed by atoms with Crippen molar-refractivity contribution in [2.45, 2.75) is 65.5 Å². The molecule has 0 radical (unpaired) electrons. The maximum Gasteiger partial charge on any atom is 0.0132 e. The summed E-state index contributed by atoms with van der Waals surface area (Å²) in [5.41, 5.74) is 0.699. The van der Waals surface area contributed by atoms with Gasteiger partial charge in [0.25, 0.3) is 0 Å². The molecular formula is C13H27NS. The van der Waals surface area contributed by atoms with E-state index in [1.807, 2.05) is 0 Å². The molecule has 90 valence electrons. The largest absolute Gasteiger partial charge is 0.309 e. The average Bonchev–Trinajstić information content (AvgIpc) is 1.99. The van der Waals surface area contributed by atoms with Gasteiger partial charge in [0.1, 0.15) is 0 Å². The Morgan fingerprint density at radius 2 is 1.60 bits per heavy atom. The fourth-order valence-electron chi connectivity index (χ4n) is 2.77. The minimum Gasteiger partial charge on any atom is -0.309 e. The summed E-state index contributed by atoms with van der Waals surface area (Å²) >= 11 is 2.10. The summed E-state index contributed by atoms with van der Waals surface area (Å²) in [4.78, 5) is 0. The first-order valence-electron chi connectivity index (χ1n) is 6.14. The zero-order valence-corrected chi connectivity index (χ0v) is 11.8. The van der Waals surface area contributed by atoms with Gasteiger partial charge in [-0.2, -0.15) is 11.8 Å². The second-order valence-corrected chi connectivity index (χ2v) is 7.88. The first-order valence-corrected chi connectivity index (χ1v) is 7.29. The smallest absolute Gasteiger partial charge is 0.0132 e. The molecular weight excluding hydrogens is 202 g/mol. The summed E-state index contributed by atoms with van der Waals surface area (Å²) in [7, 11) is 0. The molecule has 1 saturated heterocycles. The minimum atomic E-state index is 0.283. The summed E-state index contributed by atoms with van der Waals surface area (Å²) in [5, 5.41) is 3.84. The summed E-state index contributed by atoms with van der Waals surface area (Å²) in [6.07, 6.45) is 3.93. The molecule has 1 nitrogen and oxygen atoms in total. The van der Waals surface area contributed by atoms with Crippen molar-refractivity contribution in [2.75, 3.05) is 11.5 Å². The quantitative estimate of drug-likeness (QED) is 0.792. The fourth-order valence-corrected chi connectivity index (χ4v) is 3.88. The van der Waals surface area contributed by atoms with Crippen LogP contribution in [0.2, 0.25) is 0 Å². The highest BCUT2D eigenvalue weighted by atomic mass is 32.2. The second-order valence-electron chi connectivity index (χ2n) is 6.65. The molecule has 0 aromatic heterocycles. The van der Waals surface area contributed by atoms with Crippen LogP contribution in [-0.4, -0.2) is 23.1 Å². The van der Waals surface area contributed by atoms with E-state index in [1.165, 1.54) is 30.8 Å². The van der Waals surface area contributed by atoms with E-state index in [-0.39, 0.29) is 5.54 Å². The molecule has 0 spiro atoms. The Labute approximate surface area is 99.8 Å². The molecule has 1 aliphatic heterocycles. The molecule has 2 heteroatoms. The van der Waals surface area contributed by atoms with Crippen LogP contribution in [0, 0.1) is 5.41 Å². The van der Waals surface area contributed by atoms with Crippen molar-refractivity contribution >= 4 is 11.8 Å². The Balaban J connectivity index is 2.40. The number of hydrogen-bond acceptors (Lipinski definition) is 2. The number of thioether (sulfide) groups is 1. The van der Waals surface area contributed by atoms with Crippen molar-refractivity contribution in [1.82, 2.24) is 5.32 Å². The predicted octanol–water partition coefficient (Wildman–Crippen LogP) is 3.69. The predicted molar refractivity (Wildman–Crippen MR) is 71.6 cm³/mol. The van der Waals surface area contributed by atoms with Gasteiger partial charge in [0.05, 0.1) is 0 Å². The standard InChI is InChI=1S/C13H27NS/c1-12(2,3)10-13(4,5)14-11-6-8-15-9-7-11/h11,14H,6-10H2,1-5H3. The van der Waals surface area contributed by atoms with E-state index in [9.17, 15) is 0 Å². The second kappa shape index (κ2) is 5.09. The van der Waals surface area contributed by atoms with Crippen LogP contribution in [0.25, 0.3) is 0 Å². The van der Waals surface area contributed by atoms with Gasteiger partial charge in [-0.25, -0.2) is 0 Å². The average molecular weight is 229 g/mol. The molecule has 0 amide bonds. The van der Waals surface area contributed by atoms with E-state index in [4.69, 9.17) is 0 Å². The summed E-state index contributed by atoms with van der Waals surface area (Å²) < 4.78 is 0. The van der Waals surface area contributed by atoms with Crippen molar-refractivity contribution in [2.24, 2.45) is 5.41 Å². The van der Waals surface area contributed by atoms with E-state index in [0.717, 1.165) is 6.04 Å². The lowest BCUT2D eigenvalue weighted by Crippen LogP contribution is -2.49. The molecule has 1 aliphatic rings. The van der Waals surface area contributed by atoms with Crippen molar-refractivity contribution < 1.29 is 0 Å². The van der Waals surface area contributed by atoms with Gasteiger partial charge >= 0.3 is 0 Å². The molecule has 1 rings (SSSR count). The van der Waals surface area contributed by atoms with Crippen molar-refractivity contribution in [1.29, 1.82) is 0 Å². The van der Waals surface area contributed by atoms with Gasteiger partial charge in [-0.05, 0) is 50.0 Å². The molecule has 0 bridgehead atoms.